The lowest BCUT2D eigenvalue weighted by atomic mass is 10.0. The van der Waals surface area contributed by atoms with E-state index >= 15 is 0 Å². The summed E-state index contributed by atoms with van der Waals surface area (Å²) in [5.41, 5.74) is 7.26. The molecule has 0 amide bonds. The van der Waals surface area contributed by atoms with E-state index in [4.69, 9.17) is 5.26 Å². The molecular formula is C30H17N5. The van der Waals surface area contributed by atoms with E-state index in [0.29, 0.717) is 5.56 Å². The van der Waals surface area contributed by atoms with E-state index in [1.807, 2.05) is 54.6 Å². The van der Waals surface area contributed by atoms with Crippen molar-refractivity contribution >= 4 is 21.8 Å². The summed E-state index contributed by atoms with van der Waals surface area (Å²) < 4.78 is 2.16. The second-order valence-electron chi connectivity index (χ2n) is 8.20. The molecule has 5 heteroatoms. The first-order valence-corrected chi connectivity index (χ1v) is 11.1. The van der Waals surface area contributed by atoms with Crippen molar-refractivity contribution in [1.29, 1.82) is 10.5 Å². The number of para-hydroxylation sites is 1. The monoisotopic (exact) mass is 447 g/mol. The van der Waals surface area contributed by atoms with E-state index in [2.05, 4.69) is 63.1 Å². The highest BCUT2D eigenvalue weighted by molar-refractivity contribution is 6.10. The number of hydrogen-bond donors (Lipinski definition) is 0. The molecule has 0 aliphatic rings. The fraction of sp³-hybridized carbons (Fsp3) is 0. The Bertz CT molecular complexity index is 1800. The number of hydrogen-bond acceptors (Lipinski definition) is 4. The molecule has 6 rings (SSSR count). The third kappa shape index (κ3) is 3.40. The van der Waals surface area contributed by atoms with Gasteiger partial charge in [-0.25, -0.2) is 9.97 Å². The standard InChI is InChI=1S/C30H17N5/c31-16-23-14-21(24-18-33-30(17-32)34-19-24)11-13-27(23)35-28-9-5-4-8-25(28)26-12-10-22(15-29(26)35)20-6-2-1-3-7-20/h1-15,18-19H. The van der Waals surface area contributed by atoms with Gasteiger partial charge in [0, 0.05) is 28.7 Å². The summed E-state index contributed by atoms with van der Waals surface area (Å²) in [5.74, 6) is 0.116. The topological polar surface area (TPSA) is 78.3 Å². The third-order valence-electron chi connectivity index (χ3n) is 6.22. The molecule has 0 aliphatic heterocycles. The van der Waals surface area contributed by atoms with Gasteiger partial charge in [0.15, 0.2) is 0 Å². The van der Waals surface area contributed by atoms with Gasteiger partial charge in [0.2, 0.25) is 5.82 Å². The van der Waals surface area contributed by atoms with Gasteiger partial charge in [0.05, 0.1) is 22.3 Å². The van der Waals surface area contributed by atoms with Gasteiger partial charge in [-0.05, 0) is 41.0 Å². The van der Waals surface area contributed by atoms with E-state index in [-0.39, 0.29) is 5.82 Å². The molecule has 5 nitrogen and oxygen atoms in total. The highest BCUT2D eigenvalue weighted by Crippen LogP contribution is 2.36. The van der Waals surface area contributed by atoms with Crippen LogP contribution in [0.2, 0.25) is 0 Å². The molecule has 0 atom stereocenters. The fourth-order valence-electron chi connectivity index (χ4n) is 4.58. The van der Waals surface area contributed by atoms with Gasteiger partial charge in [-0.1, -0.05) is 66.7 Å². The summed E-state index contributed by atoms with van der Waals surface area (Å²) in [6.45, 7) is 0. The summed E-state index contributed by atoms with van der Waals surface area (Å²) >= 11 is 0. The Morgan fingerprint density at radius 3 is 2.03 bits per heavy atom. The summed E-state index contributed by atoms with van der Waals surface area (Å²) in [6, 6.07) is 35.1. The number of aromatic nitrogens is 3. The molecule has 2 heterocycles. The molecule has 4 aromatic carbocycles. The van der Waals surface area contributed by atoms with E-state index in [9.17, 15) is 5.26 Å². The molecule has 0 bridgehead atoms. The minimum atomic E-state index is 0.116. The summed E-state index contributed by atoms with van der Waals surface area (Å²) in [7, 11) is 0. The van der Waals surface area contributed by atoms with Crippen LogP contribution in [0.4, 0.5) is 0 Å². The highest BCUT2D eigenvalue weighted by atomic mass is 15.0. The van der Waals surface area contributed by atoms with Gasteiger partial charge in [-0.15, -0.1) is 0 Å². The molecule has 0 N–H and O–H groups in total. The van der Waals surface area contributed by atoms with Crippen molar-refractivity contribution in [2.24, 2.45) is 0 Å². The first-order valence-electron chi connectivity index (χ1n) is 11.1. The fourth-order valence-corrected chi connectivity index (χ4v) is 4.58. The quantitative estimate of drug-likeness (QED) is 0.304. The normalized spacial score (nSPS) is 10.8. The average Bonchev–Trinajstić information content (AvgIpc) is 3.26. The Labute approximate surface area is 201 Å². The van der Waals surface area contributed by atoms with Crippen molar-refractivity contribution in [3.05, 3.63) is 115 Å². The summed E-state index contributed by atoms with van der Waals surface area (Å²) in [6.07, 6.45) is 3.21. The maximum atomic E-state index is 10.1. The molecule has 0 saturated carbocycles. The van der Waals surface area contributed by atoms with Crippen molar-refractivity contribution in [2.75, 3.05) is 0 Å². The van der Waals surface area contributed by atoms with Gasteiger partial charge in [0.1, 0.15) is 12.1 Å². The second-order valence-corrected chi connectivity index (χ2v) is 8.20. The van der Waals surface area contributed by atoms with Crippen molar-refractivity contribution in [3.8, 4) is 40.1 Å². The van der Waals surface area contributed by atoms with Crippen LogP contribution in [0.1, 0.15) is 11.4 Å². The van der Waals surface area contributed by atoms with Crippen LogP contribution in [-0.2, 0) is 0 Å². The number of rotatable bonds is 3. The van der Waals surface area contributed by atoms with Crippen LogP contribution in [0.15, 0.2) is 103 Å². The molecule has 6 aromatic rings. The summed E-state index contributed by atoms with van der Waals surface area (Å²) in [5, 5.41) is 21.3. The molecule has 35 heavy (non-hydrogen) atoms. The van der Waals surface area contributed by atoms with Crippen LogP contribution < -0.4 is 0 Å². The molecule has 0 saturated heterocycles. The van der Waals surface area contributed by atoms with E-state index in [0.717, 1.165) is 49.7 Å². The van der Waals surface area contributed by atoms with Gasteiger partial charge >= 0.3 is 0 Å². The number of nitrogens with zero attached hydrogens (tertiary/aromatic N) is 5. The van der Waals surface area contributed by atoms with Crippen LogP contribution in [0.3, 0.4) is 0 Å². The van der Waals surface area contributed by atoms with Crippen LogP contribution in [0.25, 0.3) is 49.7 Å². The van der Waals surface area contributed by atoms with Crippen LogP contribution in [-0.4, -0.2) is 14.5 Å². The van der Waals surface area contributed by atoms with Crippen molar-refractivity contribution in [1.82, 2.24) is 14.5 Å². The number of benzene rings is 4. The second kappa shape index (κ2) is 8.26. The summed E-state index contributed by atoms with van der Waals surface area (Å²) in [4.78, 5) is 8.12. The van der Waals surface area contributed by atoms with E-state index in [1.165, 1.54) is 0 Å². The molecular weight excluding hydrogens is 430 g/mol. The van der Waals surface area contributed by atoms with E-state index < -0.39 is 0 Å². The Morgan fingerprint density at radius 2 is 1.26 bits per heavy atom. The number of nitriles is 2. The first-order chi connectivity index (χ1) is 17.3. The SMILES string of the molecule is N#Cc1ncc(-c2ccc(-n3c4ccccc4c4ccc(-c5ccccc5)cc43)c(C#N)c2)cn1. The highest BCUT2D eigenvalue weighted by Gasteiger charge is 2.16. The Kier molecular flexibility index (Phi) is 4.80. The molecule has 0 spiro atoms. The molecule has 0 aliphatic carbocycles. The Balaban J connectivity index is 1.59. The molecule has 0 fully saturated rings. The van der Waals surface area contributed by atoms with Crippen LogP contribution in [0, 0.1) is 22.7 Å². The van der Waals surface area contributed by atoms with Gasteiger partial charge < -0.3 is 4.57 Å². The van der Waals surface area contributed by atoms with Gasteiger partial charge in [-0.3, -0.25) is 0 Å². The molecule has 0 unspecified atom stereocenters. The first kappa shape index (κ1) is 20.4. The third-order valence-corrected chi connectivity index (χ3v) is 6.22. The maximum absolute atomic E-state index is 10.1. The minimum Gasteiger partial charge on any atom is -0.308 e. The van der Waals surface area contributed by atoms with Gasteiger partial charge in [0.25, 0.3) is 0 Å². The predicted octanol–water partition coefficient (Wildman–Crippen LogP) is 6.65. The van der Waals surface area contributed by atoms with Crippen LogP contribution in [0.5, 0.6) is 0 Å². The zero-order chi connectivity index (χ0) is 23.8. The lowest BCUT2D eigenvalue weighted by Crippen LogP contribution is -1.98. The Morgan fingerprint density at radius 1 is 0.571 bits per heavy atom. The predicted molar refractivity (Wildman–Crippen MR) is 137 cm³/mol. The van der Waals surface area contributed by atoms with Crippen molar-refractivity contribution < 1.29 is 0 Å². The van der Waals surface area contributed by atoms with Crippen molar-refractivity contribution in [2.45, 2.75) is 0 Å². The Hall–Kier alpha value is -5.26. The van der Waals surface area contributed by atoms with Crippen molar-refractivity contribution in [3.63, 3.8) is 0 Å². The molecule has 2 aromatic heterocycles. The largest absolute Gasteiger partial charge is 0.308 e. The van der Waals surface area contributed by atoms with Gasteiger partial charge in [-0.2, -0.15) is 10.5 Å². The number of fused-ring (bicyclic) bond motifs is 3. The average molecular weight is 448 g/mol. The zero-order valence-corrected chi connectivity index (χ0v) is 18.6. The smallest absolute Gasteiger partial charge is 0.232 e. The molecule has 162 valence electrons. The molecule has 0 radical (unpaired) electrons. The maximum Gasteiger partial charge on any atom is 0.232 e. The zero-order valence-electron chi connectivity index (χ0n) is 18.6. The lowest BCUT2D eigenvalue weighted by Gasteiger charge is -2.12. The lowest BCUT2D eigenvalue weighted by molar-refractivity contribution is 1.11. The minimum absolute atomic E-state index is 0.116. The van der Waals surface area contributed by atoms with Crippen LogP contribution >= 0.6 is 0 Å². The van der Waals surface area contributed by atoms with E-state index in [1.54, 1.807) is 12.4 Å².